The van der Waals surface area contributed by atoms with Crippen molar-refractivity contribution in [1.29, 1.82) is 0 Å². The van der Waals surface area contributed by atoms with Gasteiger partial charge in [0.15, 0.2) is 69.8 Å². The third kappa shape index (κ3) is 6.86. The Morgan fingerprint density at radius 2 is 0.705 bits per heavy atom. The third-order valence-electron chi connectivity index (χ3n) is 6.56. The second kappa shape index (κ2) is 14.3. The van der Waals surface area contributed by atoms with E-state index in [0.29, 0.717) is 20.8 Å². The monoisotopic (exact) mass is 726 g/mol. The summed E-state index contributed by atoms with van der Waals surface area (Å²) < 4.78 is 185. The molecule has 3 rings (SSSR count). The van der Waals surface area contributed by atoms with E-state index in [1.165, 1.54) is 0 Å². The van der Waals surface area contributed by atoms with Gasteiger partial charge < -0.3 is 19.3 Å². The van der Waals surface area contributed by atoms with Gasteiger partial charge in [-0.3, -0.25) is 0 Å². The van der Waals surface area contributed by atoms with Crippen molar-refractivity contribution in [2.45, 2.75) is 59.6 Å². The van der Waals surface area contributed by atoms with Crippen molar-refractivity contribution in [2.75, 3.05) is 0 Å². The molecule has 1 atom stereocenters. The van der Waals surface area contributed by atoms with Crippen LogP contribution in [-0.4, -0.2) is 17.2 Å². The fourth-order valence-corrected chi connectivity index (χ4v) is 3.68. The van der Waals surface area contributed by atoms with Crippen molar-refractivity contribution >= 4 is 0 Å². The molecule has 0 fully saturated rings. The molecule has 1 unspecified atom stereocenters. The molecule has 3 aromatic rings. The van der Waals surface area contributed by atoms with E-state index >= 15 is 0 Å². The quantitative estimate of drug-likeness (QED) is 0.136. The van der Waals surface area contributed by atoms with Crippen molar-refractivity contribution in [3.63, 3.8) is 0 Å². The van der Waals surface area contributed by atoms with Crippen LogP contribution in [0.1, 0.15) is 40.3 Å². The van der Waals surface area contributed by atoms with Crippen LogP contribution in [0.25, 0.3) is 0 Å². The van der Waals surface area contributed by atoms with Crippen LogP contribution in [-0.2, 0) is 60.2 Å². The largest absolute Gasteiger partial charge is 0.365 e. The van der Waals surface area contributed by atoms with Crippen molar-refractivity contribution in [3.05, 3.63) is 103 Å². The summed E-state index contributed by atoms with van der Waals surface area (Å²) in [6.07, 6.45) is -2.20. The molecule has 0 saturated carbocycles. The first-order valence-electron chi connectivity index (χ1n) is 11.9. The number of benzene rings is 3. The minimum atomic E-state index is -3.55. The molecule has 1 N–H and O–H groups in total. The van der Waals surface area contributed by atoms with Crippen molar-refractivity contribution in [2.24, 2.45) is 0 Å². The molecule has 0 amide bonds. The van der Waals surface area contributed by atoms with Gasteiger partial charge in [0.2, 0.25) is 0 Å². The maximum absolute atomic E-state index is 14.4. The third-order valence-corrected chi connectivity index (χ3v) is 6.56. The fraction of sp³-hybridized carbons (Fsp3) is 0.333. The van der Waals surface area contributed by atoms with Crippen LogP contribution >= 0.6 is 0 Å². The molecule has 0 aromatic heterocycles. The molecule has 4 nitrogen and oxygen atoms in total. The Morgan fingerprint density at radius 3 is 0.955 bits per heavy atom. The number of ether oxygens (including phenoxy) is 3. The summed E-state index contributed by atoms with van der Waals surface area (Å²) in [5.41, 5.74) is -7.51. The van der Waals surface area contributed by atoms with E-state index in [-0.39, 0.29) is 26.2 Å². The first-order chi connectivity index (χ1) is 19.9. The molecule has 0 heterocycles. The summed E-state index contributed by atoms with van der Waals surface area (Å²) in [4.78, 5) is 0. The Kier molecular flexibility index (Phi) is 12.3. The van der Waals surface area contributed by atoms with Gasteiger partial charge in [0.1, 0.15) is 6.10 Å². The number of aliphatic hydroxyl groups is 1. The molecule has 0 aliphatic carbocycles. The second-order valence-corrected chi connectivity index (χ2v) is 9.24. The smallest absolute Gasteiger partial charge is 0.308 e. The summed E-state index contributed by atoms with van der Waals surface area (Å²) in [6.45, 7) is -1.81. The summed E-state index contributed by atoms with van der Waals surface area (Å²) in [5, 5.41) is 11.0. The van der Waals surface area contributed by atoms with Gasteiger partial charge >= 0.3 is 5.97 Å². The summed E-state index contributed by atoms with van der Waals surface area (Å²) in [5.74, 6) is -26.5. The normalized spacial score (nSPS) is 12.5. The van der Waals surface area contributed by atoms with E-state index in [1.54, 1.807) is 0 Å². The molecular formula is C27H20F12O4Zr. The molecule has 0 radical (unpaired) electrons. The number of rotatable bonds is 10. The maximum atomic E-state index is 14.4. The fourth-order valence-electron chi connectivity index (χ4n) is 3.68. The van der Waals surface area contributed by atoms with Crippen molar-refractivity contribution < 1.29 is 98.2 Å². The minimum Gasteiger partial charge on any atom is -0.365 e. The van der Waals surface area contributed by atoms with Gasteiger partial charge in [0, 0.05) is 42.9 Å². The predicted molar refractivity (Wildman–Crippen MR) is 122 cm³/mol. The summed E-state index contributed by atoms with van der Waals surface area (Å²) >= 11 is 0. The molecule has 0 bridgehead atoms. The maximum Gasteiger partial charge on any atom is 0.308 e. The Bertz CT molecular complexity index is 1420. The van der Waals surface area contributed by atoms with E-state index in [0.717, 1.165) is 6.92 Å². The zero-order valence-corrected chi connectivity index (χ0v) is 25.4. The van der Waals surface area contributed by atoms with E-state index < -0.39 is 135 Å². The van der Waals surface area contributed by atoms with Gasteiger partial charge in [-0.1, -0.05) is 0 Å². The molecule has 0 aliphatic rings. The number of hydrogen-bond acceptors (Lipinski definition) is 4. The van der Waals surface area contributed by atoms with Crippen LogP contribution in [0, 0.1) is 90.6 Å². The topological polar surface area (TPSA) is 47.9 Å². The number of hydrogen-bond donors (Lipinski definition) is 1. The van der Waals surface area contributed by atoms with Crippen LogP contribution in [0.5, 0.6) is 0 Å². The van der Waals surface area contributed by atoms with Crippen LogP contribution in [0.3, 0.4) is 0 Å². The standard InChI is InChI=1S/C27H20F12O4.Zr/c1-8-15(28)21(34)12(22(35)16(8)29)5-41-11(4)27(40,42-6-13-23(36)17(30)9(2)18(31)24(13)37)43-7-14-25(38)19(32)10(3)20(33)26(14)39;/h11,40H,5-7H2,1-4H3;. The predicted octanol–water partition coefficient (Wildman–Crippen LogP) is 7.26. The van der Waals surface area contributed by atoms with Crippen LogP contribution in [0.15, 0.2) is 0 Å². The Morgan fingerprint density at radius 1 is 0.477 bits per heavy atom. The molecule has 0 saturated heterocycles. The van der Waals surface area contributed by atoms with Gasteiger partial charge in [0.05, 0.1) is 36.5 Å². The van der Waals surface area contributed by atoms with Crippen LogP contribution in [0.4, 0.5) is 52.7 Å². The average Bonchev–Trinajstić information content (AvgIpc) is 2.98. The van der Waals surface area contributed by atoms with Crippen molar-refractivity contribution in [3.8, 4) is 0 Å². The first kappa shape index (κ1) is 37.7. The molecule has 0 spiro atoms. The Hall–Kier alpha value is -2.46. The van der Waals surface area contributed by atoms with Crippen molar-refractivity contribution in [1.82, 2.24) is 0 Å². The molecule has 3 aromatic carbocycles. The van der Waals surface area contributed by atoms with Gasteiger partial charge in [0.25, 0.3) is 0 Å². The van der Waals surface area contributed by atoms with E-state index in [4.69, 9.17) is 14.2 Å². The van der Waals surface area contributed by atoms with E-state index in [1.807, 2.05) is 0 Å². The van der Waals surface area contributed by atoms with Gasteiger partial charge in [-0.05, 0) is 27.7 Å². The molecule has 0 aliphatic heterocycles. The van der Waals surface area contributed by atoms with Crippen LogP contribution < -0.4 is 0 Å². The van der Waals surface area contributed by atoms with E-state index in [2.05, 4.69) is 0 Å². The first-order valence-corrected chi connectivity index (χ1v) is 11.9. The van der Waals surface area contributed by atoms with Gasteiger partial charge in [-0.2, -0.15) is 0 Å². The minimum absolute atomic E-state index is 0. The summed E-state index contributed by atoms with van der Waals surface area (Å²) in [7, 11) is 0. The zero-order chi connectivity index (χ0) is 32.7. The average molecular weight is 728 g/mol. The molecule has 17 heteroatoms. The van der Waals surface area contributed by atoms with Gasteiger partial charge in [-0.15, -0.1) is 0 Å². The van der Waals surface area contributed by atoms with E-state index in [9.17, 15) is 57.8 Å². The molecular weight excluding hydrogens is 707 g/mol. The van der Waals surface area contributed by atoms with Crippen LogP contribution in [0.2, 0.25) is 0 Å². The van der Waals surface area contributed by atoms with Gasteiger partial charge in [-0.25, -0.2) is 52.7 Å². The summed E-state index contributed by atoms with van der Waals surface area (Å²) in [6, 6.07) is 0. The Labute approximate surface area is 260 Å². The Balaban J connectivity index is 0.00000675. The second-order valence-electron chi connectivity index (χ2n) is 9.24. The molecule has 44 heavy (non-hydrogen) atoms. The zero-order valence-electron chi connectivity index (χ0n) is 22.9. The molecule has 240 valence electrons. The number of halogens is 12. The SMILES string of the molecule is Cc1c(F)c(F)c(COC(C)C(O)(OCc2c(F)c(F)c(C)c(F)c2F)OCc2c(F)c(F)c(C)c(F)c2F)c(F)c1F.[Zr].